The van der Waals surface area contributed by atoms with Crippen LogP contribution in [0.15, 0.2) is 29.1 Å². The van der Waals surface area contributed by atoms with E-state index in [9.17, 15) is 4.79 Å². The van der Waals surface area contributed by atoms with Gasteiger partial charge in [0.2, 0.25) is 11.4 Å². The Labute approximate surface area is 154 Å². The lowest BCUT2D eigenvalue weighted by molar-refractivity contribution is 0.459. The highest BCUT2D eigenvalue weighted by molar-refractivity contribution is 5.87. The average Bonchev–Trinajstić information content (AvgIpc) is 2.57. The van der Waals surface area contributed by atoms with E-state index >= 15 is 0 Å². The Morgan fingerprint density at radius 1 is 1.08 bits per heavy atom. The molecule has 0 bridgehead atoms. The summed E-state index contributed by atoms with van der Waals surface area (Å²) in [6, 6.07) is 7.90. The first-order valence-corrected chi connectivity index (χ1v) is 9.10. The van der Waals surface area contributed by atoms with Crippen LogP contribution in [0.5, 0.6) is 11.6 Å². The summed E-state index contributed by atoms with van der Waals surface area (Å²) in [5, 5.41) is 1.00. The maximum Gasteiger partial charge on any atom is 0.248 e. The minimum Gasteiger partial charge on any atom is -0.436 e. The molecular formula is C22H26N2O2. The zero-order chi connectivity index (χ0) is 19.0. The highest BCUT2D eigenvalue weighted by Gasteiger charge is 2.16. The van der Waals surface area contributed by atoms with E-state index in [0.717, 1.165) is 39.9 Å². The number of H-pyrrole nitrogens is 1. The van der Waals surface area contributed by atoms with Crippen molar-refractivity contribution >= 4 is 10.9 Å². The molecular weight excluding hydrogens is 324 g/mol. The number of rotatable bonds is 4. The molecule has 1 unspecified atom stereocenters. The van der Waals surface area contributed by atoms with Gasteiger partial charge in [0.25, 0.3) is 0 Å². The maximum atomic E-state index is 12.3. The molecule has 1 aromatic carbocycles. The number of benzene rings is 1. The standard InChI is InChI=1S/C22H26N2O2/c1-7-13(3)17-11-19(25)24-20-18(17)10-16(6)23-22(20)26-21-14(4)8-12(2)9-15(21)5/h8-11,13H,7H2,1-6H3,(H,24,25). The van der Waals surface area contributed by atoms with Crippen LogP contribution < -0.4 is 10.3 Å². The molecule has 0 saturated heterocycles. The van der Waals surface area contributed by atoms with Gasteiger partial charge in [0.1, 0.15) is 11.3 Å². The molecule has 1 N–H and O–H groups in total. The van der Waals surface area contributed by atoms with Crippen LogP contribution in [0.3, 0.4) is 0 Å². The summed E-state index contributed by atoms with van der Waals surface area (Å²) >= 11 is 0. The van der Waals surface area contributed by atoms with Crippen LogP contribution in [0, 0.1) is 27.7 Å². The molecule has 136 valence electrons. The minimum absolute atomic E-state index is 0.124. The van der Waals surface area contributed by atoms with E-state index in [1.165, 1.54) is 5.56 Å². The predicted octanol–water partition coefficient (Wildman–Crippen LogP) is 5.46. The Balaban J connectivity index is 2.24. The summed E-state index contributed by atoms with van der Waals surface area (Å²) in [6.07, 6.45) is 0.965. The third-order valence-corrected chi connectivity index (χ3v) is 4.91. The van der Waals surface area contributed by atoms with Crippen molar-refractivity contribution < 1.29 is 4.74 Å². The summed E-state index contributed by atoms with van der Waals surface area (Å²) in [7, 11) is 0. The first-order valence-electron chi connectivity index (χ1n) is 9.10. The van der Waals surface area contributed by atoms with Crippen LogP contribution in [0.4, 0.5) is 0 Å². The third-order valence-electron chi connectivity index (χ3n) is 4.91. The van der Waals surface area contributed by atoms with E-state index < -0.39 is 0 Å². The molecule has 0 spiro atoms. The van der Waals surface area contributed by atoms with E-state index in [4.69, 9.17) is 4.74 Å². The highest BCUT2D eigenvalue weighted by atomic mass is 16.5. The Bertz CT molecular complexity index is 1010. The van der Waals surface area contributed by atoms with Gasteiger partial charge in [0, 0.05) is 17.1 Å². The third kappa shape index (κ3) is 3.36. The van der Waals surface area contributed by atoms with E-state index in [2.05, 4.69) is 42.9 Å². The van der Waals surface area contributed by atoms with Crippen LogP contribution in [0.1, 0.15) is 54.1 Å². The van der Waals surface area contributed by atoms with Gasteiger partial charge in [-0.05, 0) is 62.8 Å². The molecule has 0 amide bonds. The van der Waals surface area contributed by atoms with Gasteiger partial charge in [-0.2, -0.15) is 0 Å². The Morgan fingerprint density at radius 2 is 1.73 bits per heavy atom. The molecule has 3 aromatic rings. The second-order valence-electron chi connectivity index (χ2n) is 7.22. The number of aromatic nitrogens is 2. The monoisotopic (exact) mass is 350 g/mol. The largest absolute Gasteiger partial charge is 0.436 e. The van der Waals surface area contributed by atoms with Gasteiger partial charge in [0.05, 0.1) is 0 Å². The molecule has 26 heavy (non-hydrogen) atoms. The lowest BCUT2D eigenvalue weighted by Crippen LogP contribution is -2.10. The molecule has 0 saturated carbocycles. The Hall–Kier alpha value is -2.62. The number of nitrogens with zero attached hydrogens (tertiary/aromatic N) is 1. The SMILES string of the molecule is CCC(C)c1cc(=O)[nH]c2c(Oc3c(C)cc(C)cc3C)nc(C)cc12. The zero-order valence-corrected chi connectivity index (χ0v) is 16.4. The summed E-state index contributed by atoms with van der Waals surface area (Å²) in [4.78, 5) is 19.8. The lowest BCUT2D eigenvalue weighted by atomic mass is 9.95. The van der Waals surface area contributed by atoms with Crippen molar-refractivity contribution in [3.63, 3.8) is 0 Å². The fraction of sp³-hybridized carbons (Fsp3) is 0.364. The molecule has 0 aliphatic carbocycles. The number of hydrogen-bond donors (Lipinski definition) is 1. The quantitative estimate of drug-likeness (QED) is 0.679. The second kappa shape index (κ2) is 6.94. The molecule has 2 aromatic heterocycles. The summed E-state index contributed by atoms with van der Waals surface area (Å²) in [6.45, 7) is 12.3. The van der Waals surface area contributed by atoms with Crippen molar-refractivity contribution in [1.82, 2.24) is 9.97 Å². The van der Waals surface area contributed by atoms with Crippen LogP contribution in [0.25, 0.3) is 10.9 Å². The summed E-state index contributed by atoms with van der Waals surface area (Å²) < 4.78 is 6.23. The molecule has 3 rings (SSSR count). The number of aromatic amines is 1. The van der Waals surface area contributed by atoms with Crippen LogP contribution in [-0.2, 0) is 0 Å². The number of ether oxygens (including phenoxy) is 1. The molecule has 0 aliphatic rings. The number of hydrogen-bond acceptors (Lipinski definition) is 3. The molecule has 4 heteroatoms. The number of nitrogens with one attached hydrogen (secondary N) is 1. The highest BCUT2D eigenvalue weighted by Crippen LogP contribution is 2.34. The van der Waals surface area contributed by atoms with Crippen molar-refractivity contribution in [2.75, 3.05) is 0 Å². The molecule has 1 atom stereocenters. The fourth-order valence-electron chi connectivity index (χ4n) is 3.50. The van der Waals surface area contributed by atoms with Gasteiger partial charge in [-0.25, -0.2) is 4.98 Å². The van der Waals surface area contributed by atoms with E-state index in [0.29, 0.717) is 11.4 Å². The molecule has 0 aliphatic heterocycles. The topological polar surface area (TPSA) is 55.0 Å². The normalized spacial score (nSPS) is 12.4. The van der Waals surface area contributed by atoms with E-state index in [-0.39, 0.29) is 11.5 Å². The van der Waals surface area contributed by atoms with Crippen LogP contribution in [-0.4, -0.2) is 9.97 Å². The zero-order valence-electron chi connectivity index (χ0n) is 16.4. The Kier molecular flexibility index (Phi) is 4.86. The van der Waals surface area contributed by atoms with Crippen molar-refractivity contribution in [1.29, 1.82) is 0 Å². The van der Waals surface area contributed by atoms with Gasteiger partial charge < -0.3 is 9.72 Å². The molecule has 0 fully saturated rings. The molecule has 0 radical (unpaired) electrons. The van der Waals surface area contributed by atoms with Crippen LogP contribution in [0.2, 0.25) is 0 Å². The molecule has 2 heterocycles. The minimum atomic E-state index is -0.124. The van der Waals surface area contributed by atoms with Crippen molar-refractivity contribution in [3.05, 3.63) is 62.6 Å². The van der Waals surface area contributed by atoms with E-state index in [1.807, 2.05) is 26.8 Å². The predicted molar refractivity (Wildman–Crippen MR) is 107 cm³/mol. The number of fused-ring (bicyclic) bond motifs is 1. The lowest BCUT2D eigenvalue weighted by Gasteiger charge is -2.17. The van der Waals surface area contributed by atoms with Gasteiger partial charge in [-0.1, -0.05) is 31.5 Å². The number of pyridine rings is 2. The van der Waals surface area contributed by atoms with Crippen molar-refractivity contribution in [3.8, 4) is 11.6 Å². The van der Waals surface area contributed by atoms with Gasteiger partial charge >= 0.3 is 0 Å². The van der Waals surface area contributed by atoms with Gasteiger partial charge in [-0.3, -0.25) is 4.79 Å². The maximum absolute atomic E-state index is 12.3. The first kappa shape index (κ1) is 18.2. The van der Waals surface area contributed by atoms with Crippen LogP contribution >= 0.6 is 0 Å². The summed E-state index contributed by atoms with van der Waals surface area (Å²) in [5.41, 5.74) is 5.75. The number of aryl methyl sites for hydroxylation is 4. The van der Waals surface area contributed by atoms with E-state index in [1.54, 1.807) is 6.07 Å². The summed E-state index contributed by atoms with van der Waals surface area (Å²) in [5.74, 6) is 1.54. The fourth-order valence-corrected chi connectivity index (χ4v) is 3.50. The smallest absolute Gasteiger partial charge is 0.248 e. The van der Waals surface area contributed by atoms with Gasteiger partial charge in [-0.15, -0.1) is 0 Å². The van der Waals surface area contributed by atoms with Gasteiger partial charge in [0.15, 0.2) is 0 Å². The Morgan fingerprint density at radius 3 is 2.35 bits per heavy atom. The first-order chi connectivity index (χ1) is 12.3. The van der Waals surface area contributed by atoms with Crippen molar-refractivity contribution in [2.24, 2.45) is 0 Å². The van der Waals surface area contributed by atoms with Crippen molar-refractivity contribution in [2.45, 2.75) is 53.9 Å². The average molecular weight is 350 g/mol. The molecule has 4 nitrogen and oxygen atoms in total. The second-order valence-corrected chi connectivity index (χ2v) is 7.22.